The summed E-state index contributed by atoms with van der Waals surface area (Å²) in [5.41, 5.74) is 0.916. The topological polar surface area (TPSA) is 75.6 Å². The molecule has 20 heavy (non-hydrogen) atoms. The number of ether oxygens (including phenoxy) is 1. The SMILES string of the molecule is COc1ccccc1C(=O)Nc1cccc(C(=O)O)c1. The maximum Gasteiger partial charge on any atom is 0.335 e. The lowest BCUT2D eigenvalue weighted by molar-refractivity contribution is 0.0696. The molecule has 0 atom stereocenters. The van der Waals surface area contributed by atoms with Crippen LogP contribution in [0.15, 0.2) is 48.5 Å². The molecule has 0 bridgehead atoms. The molecular formula is C15H13NO4. The summed E-state index contributed by atoms with van der Waals surface area (Å²) in [5, 5.41) is 11.6. The Bertz CT molecular complexity index is 652. The minimum Gasteiger partial charge on any atom is -0.496 e. The number of rotatable bonds is 4. The Morgan fingerprint density at radius 3 is 2.55 bits per heavy atom. The average Bonchev–Trinajstić information content (AvgIpc) is 2.47. The van der Waals surface area contributed by atoms with Crippen LogP contribution in [0.4, 0.5) is 5.69 Å². The van der Waals surface area contributed by atoms with E-state index in [1.807, 2.05) is 0 Å². The monoisotopic (exact) mass is 271 g/mol. The molecule has 0 saturated carbocycles. The number of amides is 1. The van der Waals surface area contributed by atoms with Gasteiger partial charge >= 0.3 is 5.97 Å². The third-order valence-electron chi connectivity index (χ3n) is 2.72. The number of anilines is 1. The van der Waals surface area contributed by atoms with Gasteiger partial charge < -0.3 is 15.2 Å². The molecule has 1 amide bonds. The fourth-order valence-corrected chi connectivity index (χ4v) is 1.76. The van der Waals surface area contributed by atoms with Crippen LogP contribution in [0.3, 0.4) is 0 Å². The van der Waals surface area contributed by atoms with Crippen LogP contribution in [0, 0.1) is 0 Å². The van der Waals surface area contributed by atoms with Crippen molar-refractivity contribution in [1.29, 1.82) is 0 Å². The van der Waals surface area contributed by atoms with E-state index in [1.165, 1.54) is 19.2 Å². The summed E-state index contributed by atoms with van der Waals surface area (Å²) in [7, 11) is 1.48. The van der Waals surface area contributed by atoms with E-state index in [1.54, 1.807) is 36.4 Å². The number of nitrogens with one attached hydrogen (secondary N) is 1. The minimum atomic E-state index is -1.04. The average molecular weight is 271 g/mol. The molecule has 5 heteroatoms. The van der Waals surface area contributed by atoms with E-state index in [2.05, 4.69) is 5.32 Å². The lowest BCUT2D eigenvalue weighted by Crippen LogP contribution is -2.13. The Labute approximate surface area is 115 Å². The van der Waals surface area contributed by atoms with Crippen LogP contribution in [-0.2, 0) is 0 Å². The molecule has 5 nitrogen and oxygen atoms in total. The smallest absolute Gasteiger partial charge is 0.335 e. The molecule has 2 N–H and O–H groups in total. The third kappa shape index (κ3) is 2.95. The molecule has 2 aromatic carbocycles. The van der Waals surface area contributed by atoms with Crippen molar-refractivity contribution in [2.75, 3.05) is 12.4 Å². The Morgan fingerprint density at radius 1 is 1.10 bits per heavy atom. The van der Waals surface area contributed by atoms with E-state index in [0.29, 0.717) is 17.0 Å². The maximum atomic E-state index is 12.1. The first-order valence-corrected chi connectivity index (χ1v) is 5.89. The number of carboxylic acid groups (broad SMARTS) is 1. The van der Waals surface area contributed by atoms with Gasteiger partial charge in [-0.1, -0.05) is 18.2 Å². The second kappa shape index (κ2) is 5.88. The van der Waals surface area contributed by atoms with Crippen molar-refractivity contribution < 1.29 is 19.4 Å². The molecule has 0 spiro atoms. The molecule has 0 aromatic heterocycles. The Hall–Kier alpha value is -2.82. The summed E-state index contributed by atoms with van der Waals surface area (Å²) in [4.78, 5) is 23.0. The minimum absolute atomic E-state index is 0.114. The number of carboxylic acids is 1. The molecule has 2 rings (SSSR count). The normalized spacial score (nSPS) is 9.85. The van der Waals surface area contributed by atoms with Crippen LogP contribution in [-0.4, -0.2) is 24.1 Å². The number of hydrogen-bond acceptors (Lipinski definition) is 3. The second-order valence-electron chi connectivity index (χ2n) is 4.04. The number of aromatic carboxylic acids is 1. The fourth-order valence-electron chi connectivity index (χ4n) is 1.76. The van der Waals surface area contributed by atoms with Crippen LogP contribution >= 0.6 is 0 Å². The summed E-state index contributed by atoms with van der Waals surface area (Å²) < 4.78 is 5.11. The van der Waals surface area contributed by atoms with E-state index in [9.17, 15) is 9.59 Å². The van der Waals surface area contributed by atoms with Gasteiger partial charge in [0.05, 0.1) is 18.2 Å². The number of methoxy groups -OCH3 is 1. The molecule has 2 aromatic rings. The van der Waals surface area contributed by atoms with E-state index in [4.69, 9.17) is 9.84 Å². The van der Waals surface area contributed by atoms with E-state index in [0.717, 1.165) is 0 Å². The van der Waals surface area contributed by atoms with Crippen molar-refractivity contribution in [3.8, 4) is 5.75 Å². The van der Waals surface area contributed by atoms with E-state index in [-0.39, 0.29) is 11.5 Å². The predicted molar refractivity (Wildman–Crippen MR) is 74.3 cm³/mol. The molecule has 0 aliphatic rings. The highest BCUT2D eigenvalue weighted by molar-refractivity contribution is 6.06. The maximum absolute atomic E-state index is 12.1. The molecule has 0 aliphatic heterocycles. The zero-order valence-corrected chi connectivity index (χ0v) is 10.8. The van der Waals surface area contributed by atoms with E-state index < -0.39 is 5.97 Å². The number of para-hydroxylation sites is 1. The Balaban J connectivity index is 2.23. The Kier molecular flexibility index (Phi) is 4.00. The van der Waals surface area contributed by atoms with Crippen LogP contribution in [0.5, 0.6) is 5.75 Å². The van der Waals surface area contributed by atoms with Crippen LogP contribution in [0.1, 0.15) is 20.7 Å². The van der Waals surface area contributed by atoms with Gasteiger partial charge in [0.15, 0.2) is 0 Å². The highest BCUT2D eigenvalue weighted by atomic mass is 16.5. The van der Waals surface area contributed by atoms with Crippen LogP contribution < -0.4 is 10.1 Å². The summed E-state index contributed by atoms with van der Waals surface area (Å²) in [6.07, 6.45) is 0. The first kappa shape index (κ1) is 13.6. The molecule has 102 valence electrons. The molecule has 0 fully saturated rings. The van der Waals surface area contributed by atoms with Crippen molar-refractivity contribution in [2.24, 2.45) is 0 Å². The highest BCUT2D eigenvalue weighted by Gasteiger charge is 2.12. The standard InChI is InChI=1S/C15H13NO4/c1-20-13-8-3-2-7-12(13)14(17)16-11-6-4-5-10(9-11)15(18)19/h2-9H,1H3,(H,16,17)(H,18,19). The lowest BCUT2D eigenvalue weighted by atomic mass is 10.1. The molecular weight excluding hydrogens is 258 g/mol. The molecule has 0 saturated heterocycles. The lowest BCUT2D eigenvalue weighted by Gasteiger charge is -2.09. The van der Waals surface area contributed by atoms with Crippen LogP contribution in [0.2, 0.25) is 0 Å². The van der Waals surface area contributed by atoms with Gasteiger partial charge in [-0.15, -0.1) is 0 Å². The van der Waals surface area contributed by atoms with Crippen molar-refractivity contribution in [3.63, 3.8) is 0 Å². The first-order chi connectivity index (χ1) is 9.61. The molecule has 0 radical (unpaired) electrons. The third-order valence-corrected chi connectivity index (χ3v) is 2.72. The van der Waals surface area contributed by atoms with Gasteiger partial charge in [-0.05, 0) is 30.3 Å². The molecule has 0 aliphatic carbocycles. The summed E-state index contributed by atoms with van der Waals surface area (Å²) in [5.74, 6) is -0.942. The van der Waals surface area contributed by atoms with Gasteiger partial charge in [0.25, 0.3) is 5.91 Å². The second-order valence-corrected chi connectivity index (χ2v) is 4.04. The van der Waals surface area contributed by atoms with Crippen molar-refractivity contribution in [2.45, 2.75) is 0 Å². The van der Waals surface area contributed by atoms with Crippen LogP contribution in [0.25, 0.3) is 0 Å². The quantitative estimate of drug-likeness (QED) is 0.896. The Morgan fingerprint density at radius 2 is 1.85 bits per heavy atom. The number of carbonyl (C=O) groups is 2. The summed E-state index contributed by atoms with van der Waals surface area (Å²) in [6.45, 7) is 0. The predicted octanol–water partition coefficient (Wildman–Crippen LogP) is 2.65. The van der Waals surface area contributed by atoms with E-state index >= 15 is 0 Å². The largest absolute Gasteiger partial charge is 0.496 e. The molecule has 0 unspecified atom stereocenters. The number of hydrogen-bond donors (Lipinski definition) is 2. The number of benzene rings is 2. The van der Waals surface area contributed by atoms with Crippen molar-refractivity contribution in [3.05, 3.63) is 59.7 Å². The number of carbonyl (C=O) groups excluding carboxylic acids is 1. The summed E-state index contributed by atoms with van der Waals surface area (Å²) >= 11 is 0. The fraction of sp³-hybridized carbons (Fsp3) is 0.0667. The van der Waals surface area contributed by atoms with Gasteiger partial charge in [-0.2, -0.15) is 0 Å². The first-order valence-electron chi connectivity index (χ1n) is 5.89. The zero-order chi connectivity index (χ0) is 14.5. The van der Waals surface area contributed by atoms with Crippen molar-refractivity contribution in [1.82, 2.24) is 0 Å². The molecule has 0 heterocycles. The van der Waals surface area contributed by atoms with Gasteiger partial charge in [-0.25, -0.2) is 4.79 Å². The highest BCUT2D eigenvalue weighted by Crippen LogP contribution is 2.19. The van der Waals surface area contributed by atoms with Gasteiger partial charge in [-0.3, -0.25) is 4.79 Å². The van der Waals surface area contributed by atoms with Gasteiger partial charge in [0, 0.05) is 5.69 Å². The van der Waals surface area contributed by atoms with Gasteiger partial charge in [0.2, 0.25) is 0 Å². The van der Waals surface area contributed by atoms with Crippen molar-refractivity contribution >= 4 is 17.6 Å². The zero-order valence-electron chi connectivity index (χ0n) is 10.8. The summed E-state index contributed by atoms with van der Waals surface area (Å²) in [6, 6.07) is 12.9. The van der Waals surface area contributed by atoms with Gasteiger partial charge in [0.1, 0.15) is 5.75 Å².